The van der Waals surface area contributed by atoms with E-state index in [-0.39, 0.29) is 11.1 Å². The van der Waals surface area contributed by atoms with Gasteiger partial charge < -0.3 is 10.1 Å². The maximum absolute atomic E-state index is 6.09. The molecular formula is C14H22N2OS2. The Labute approximate surface area is 123 Å². The van der Waals surface area contributed by atoms with Crippen LogP contribution in [0.1, 0.15) is 38.1 Å². The summed E-state index contributed by atoms with van der Waals surface area (Å²) < 4.78 is 6.09. The molecule has 1 spiro atoms. The molecule has 3 heterocycles. The SMILES string of the molecule is CC(C)(NC1CCOC2(CCSC2)C1)c1nccs1. The lowest BCUT2D eigenvalue weighted by Crippen LogP contribution is -2.52. The van der Waals surface area contributed by atoms with Crippen molar-refractivity contribution in [1.82, 2.24) is 10.3 Å². The fourth-order valence-corrected chi connectivity index (χ4v) is 5.22. The predicted octanol–water partition coefficient (Wildman–Crippen LogP) is 3.02. The first-order valence-electron chi connectivity index (χ1n) is 6.99. The summed E-state index contributed by atoms with van der Waals surface area (Å²) in [5, 5.41) is 7.04. The van der Waals surface area contributed by atoms with Crippen molar-refractivity contribution in [2.24, 2.45) is 0 Å². The quantitative estimate of drug-likeness (QED) is 0.930. The molecule has 0 bridgehead atoms. The molecular weight excluding hydrogens is 276 g/mol. The molecule has 1 aromatic rings. The van der Waals surface area contributed by atoms with Gasteiger partial charge in [-0.3, -0.25) is 0 Å². The van der Waals surface area contributed by atoms with Gasteiger partial charge in [-0.15, -0.1) is 11.3 Å². The molecule has 0 radical (unpaired) electrons. The zero-order valence-electron chi connectivity index (χ0n) is 11.6. The van der Waals surface area contributed by atoms with Crippen LogP contribution < -0.4 is 5.32 Å². The van der Waals surface area contributed by atoms with Crippen LogP contribution in [0, 0.1) is 0 Å². The van der Waals surface area contributed by atoms with E-state index >= 15 is 0 Å². The number of thiazole rings is 1. The maximum Gasteiger partial charge on any atom is 0.112 e. The van der Waals surface area contributed by atoms with Gasteiger partial charge in [0.05, 0.1) is 11.1 Å². The van der Waals surface area contributed by atoms with Crippen LogP contribution in [-0.2, 0) is 10.3 Å². The molecule has 106 valence electrons. The van der Waals surface area contributed by atoms with Crippen molar-refractivity contribution in [3.8, 4) is 0 Å². The minimum absolute atomic E-state index is 0.0386. The number of hydrogen-bond acceptors (Lipinski definition) is 5. The summed E-state index contributed by atoms with van der Waals surface area (Å²) in [5.41, 5.74) is 0.114. The molecule has 2 saturated heterocycles. The van der Waals surface area contributed by atoms with E-state index < -0.39 is 0 Å². The second-order valence-electron chi connectivity index (χ2n) is 6.13. The fourth-order valence-electron chi connectivity index (χ4n) is 3.12. The first kappa shape index (κ1) is 13.9. The van der Waals surface area contributed by atoms with Crippen molar-refractivity contribution >= 4 is 23.1 Å². The van der Waals surface area contributed by atoms with E-state index in [0.29, 0.717) is 6.04 Å². The largest absolute Gasteiger partial charge is 0.374 e. The normalized spacial score (nSPS) is 32.0. The third-order valence-corrected chi connectivity index (χ3v) is 6.41. The molecule has 2 aliphatic heterocycles. The lowest BCUT2D eigenvalue weighted by atomic mass is 9.88. The molecule has 1 aromatic heterocycles. The minimum atomic E-state index is -0.0386. The summed E-state index contributed by atoms with van der Waals surface area (Å²) in [4.78, 5) is 4.46. The van der Waals surface area contributed by atoms with Gasteiger partial charge >= 0.3 is 0 Å². The van der Waals surface area contributed by atoms with Gasteiger partial charge in [-0.1, -0.05) is 0 Å². The monoisotopic (exact) mass is 298 g/mol. The summed E-state index contributed by atoms with van der Waals surface area (Å²) in [6, 6.07) is 0.548. The molecule has 0 saturated carbocycles. The van der Waals surface area contributed by atoms with Crippen molar-refractivity contribution in [3.63, 3.8) is 0 Å². The van der Waals surface area contributed by atoms with E-state index in [9.17, 15) is 0 Å². The van der Waals surface area contributed by atoms with E-state index in [1.165, 1.54) is 22.9 Å². The van der Waals surface area contributed by atoms with Crippen LogP contribution in [0.25, 0.3) is 0 Å². The van der Waals surface area contributed by atoms with Gasteiger partial charge in [0.1, 0.15) is 5.01 Å². The van der Waals surface area contributed by atoms with Crippen LogP contribution in [0.15, 0.2) is 11.6 Å². The van der Waals surface area contributed by atoms with Crippen LogP contribution in [-0.4, -0.2) is 34.7 Å². The zero-order valence-corrected chi connectivity index (χ0v) is 13.3. The molecule has 19 heavy (non-hydrogen) atoms. The number of ether oxygens (including phenoxy) is 1. The highest BCUT2D eigenvalue weighted by Gasteiger charge is 2.41. The van der Waals surface area contributed by atoms with Gasteiger partial charge in [0.15, 0.2) is 0 Å². The summed E-state index contributed by atoms with van der Waals surface area (Å²) in [6.45, 7) is 5.36. The standard InChI is InChI=1S/C14H22N2OS2/c1-13(2,12-15-5-8-19-12)16-11-3-6-17-14(9-11)4-7-18-10-14/h5,8,11,16H,3-4,6-7,9-10H2,1-2H3. The zero-order chi connectivity index (χ0) is 13.3. The van der Waals surface area contributed by atoms with Crippen molar-refractivity contribution in [1.29, 1.82) is 0 Å². The van der Waals surface area contributed by atoms with E-state index in [4.69, 9.17) is 4.74 Å². The Bertz CT molecular complexity index is 413. The number of rotatable bonds is 3. The first-order chi connectivity index (χ1) is 9.10. The fraction of sp³-hybridized carbons (Fsp3) is 0.786. The molecule has 5 heteroatoms. The summed E-state index contributed by atoms with van der Waals surface area (Å²) in [5.74, 6) is 2.42. The van der Waals surface area contributed by atoms with Crippen molar-refractivity contribution in [2.45, 2.75) is 50.3 Å². The number of thioether (sulfide) groups is 1. The van der Waals surface area contributed by atoms with Gasteiger partial charge in [-0.2, -0.15) is 11.8 Å². The Morgan fingerprint density at radius 1 is 1.53 bits per heavy atom. The van der Waals surface area contributed by atoms with E-state index in [0.717, 1.165) is 19.4 Å². The van der Waals surface area contributed by atoms with Gasteiger partial charge in [0.2, 0.25) is 0 Å². The minimum Gasteiger partial charge on any atom is -0.374 e. The molecule has 2 fully saturated rings. The topological polar surface area (TPSA) is 34.1 Å². The second-order valence-corrected chi connectivity index (χ2v) is 8.13. The highest BCUT2D eigenvalue weighted by molar-refractivity contribution is 7.99. The molecule has 0 aliphatic carbocycles. The van der Waals surface area contributed by atoms with Crippen LogP contribution in [0.3, 0.4) is 0 Å². The molecule has 2 atom stereocenters. The lowest BCUT2D eigenvalue weighted by molar-refractivity contribution is -0.0731. The average molecular weight is 298 g/mol. The van der Waals surface area contributed by atoms with Crippen molar-refractivity contribution in [2.75, 3.05) is 18.1 Å². The first-order valence-corrected chi connectivity index (χ1v) is 9.03. The van der Waals surface area contributed by atoms with Crippen LogP contribution in [0.5, 0.6) is 0 Å². The Balaban J connectivity index is 1.66. The third-order valence-electron chi connectivity index (χ3n) is 4.09. The molecule has 2 unspecified atom stereocenters. The third kappa shape index (κ3) is 2.99. The summed E-state index contributed by atoms with van der Waals surface area (Å²) in [6.07, 6.45) is 5.37. The van der Waals surface area contributed by atoms with Gasteiger partial charge in [0, 0.05) is 30.0 Å². The number of nitrogens with one attached hydrogen (secondary N) is 1. The Hall–Kier alpha value is -0.100. The van der Waals surface area contributed by atoms with E-state index in [2.05, 4.69) is 29.5 Å². The van der Waals surface area contributed by atoms with Gasteiger partial charge in [0.25, 0.3) is 0 Å². The second kappa shape index (κ2) is 5.35. The van der Waals surface area contributed by atoms with Crippen molar-refractivity contribution in [3.05, 3.63) is 16.6 Å². The lowest BCUT2D eigenvalue weighted by Gasteiger charge is -2.41. The average Bonchev–Trinajstić information content (AvgIpc) is 3.00. The smallest absolute Gasteiger partial charge is 0.112 e. The Morgan fingerprint density at radius 3 is 3.11 bits per heavy atom. The molecule has 3 nitrogen and oxygen atoms in total. The Morgan fingerprint density at radius 2 is 2.42 bits per heavy atom. The summed E-state index contributed by atoms with van der Waals surface area (Å²) >= 11 is 3.77. The van der Waals surface area contributed by atoms with E-state index in [1.54, 1.807) is 11.3 Å². The number of aromatic nitrogens is 1. The van der Waals surface area contributed by atoms with E-state index in [1.807, 2.05) is 18.0 Å². The van der Waals surface area contributed by atoms with Gasteiger partial charge in [-0.25, -0.2) is 4.98 Å². The number of nitrogens with zero attached hydrogens (tertiary/aromatic N) is 1. The highest BCUT2D eigenvalue weighted by Crippen LogP contribution is 2.39. The summed E-state index contributed by atoms with van der Waals surface area (Å²) in [7, 11) is 0. The van der Waals surface area contributed by atoms with Crippen molar-refractivity contribution < 1.29 is 4.74 Å². The molecule has 3 rings (SSSR count). The highest BCUT2D eigenvalue weighted by atomic mass is 32.2. The van der Waals surface area contributed by atoms with Crippen LogP contribution >= 0.6 is 23.1 Å². The predicted molar refractivity (Wildman–Crippen MR) is 81.9 cm³/mol. The van der Waals surface area contributed by atoms with Crippen LogP contribution in [0.4, 0.5) is 0 Å². The molecule has 0 aromatic carbocycles. The molecule has 0 amide bonds. The maximum atomic E-state index is 6.09. The molecule has 1 N–H and O–H groups in total. The Kier molecular flexibility index (Phi) is 3.91. The number of hydrogen-bond donors (Lipinski definition) is 1. The molecule has 2 aliphatic rings. The van der Waals surface area contributed by atoms with Gasteiger partial charge in [-0.05, 0) is 38.9 Å². The van der Waals surface area contributed by atoms with Crippen LogP contribution in [0.2, 0.25) is 0 Å².